The minimum Gasteiger partial charge on any atom is -0.241 e. The van der Waals surface area contributed by atoms with Crippen molar-refractivity contribution in [2.75, 3.05) is 0 Å². The number of hydrogen-bond acceptors (Lipinski definition) is 0. The summed E-state index contributed by atoms with van der Waals surface area (Å²) in [6.45, 7) is 1.80. The summed E-state index contributed by atoms with van der Waals surface area (Å²) in [6, 6.07) is 9.16. The maximum absolute atomic E-state index is 13.2. The highest BCUT2D eigenvalue weighted by atomic mass is 79.9. The maximum Gasteiger partial charge on any atom is 0.137 e. The molecule has 0 heterocycles. The monoisotopic (exact) mass is 216 g/mol. The van der Waals surface area contributed by atoms with Crippen molar-refractivity contribution < 1.29 is 4.39 Å². The van der Waals surface area contributed by atoms with E-state index >= 15 is 0 Å². The first-order valence-corrected chi connectivity index (χ1v) is 4.46. The first kappa shape index (κ1) is 8.72. The van der Waals surface area contributed by atoms with Crippen molar-refractivity contribution in [2.24, 2.45) is 0 Å². The number of rotatable bonds is 2. The van der Waals surface area contributed by atoms with Gasteiger partial charge in [0.25, 0.3) is 0 Å². The van der Waals surface area contributed by atoms with E-state index in [4.69, 9.17) is 0 Å². The molecule has 11 heavy (non-hydrogen) atoms. The minimum atomic E-state index is -0.906. The number of halogens is 2. The molecule has 1 aromatic carbocycles. The third-order valence-electron chi connectivity index (χ3n) is 1.52. The average molecular weight is 217 g/mol. The molecule has 0 saturated carbocycles. The zero-order valence-corrected chi connectivity index (χ0v) is 7.88. The minimum absolute atomic E-state index is 0.120. The lowest BCUT2D eigenvalue weighted by Crippen LogP contribution is -2.01. The summed E-state index contributed by atoms with van der Waals surface area (Å²) in [7, 11) is 0. The van der Waals surface area contributed by atoms with Gasteiger partial charge in [-0.2, -0.15) is 0 Å². The van der Waals surface area contributed by atoms with Gasteiger partial charge >= 0.3 is 0 Å². The fraction of sp³-hybridized carbons (Fsp3) is 0.333. The van der Waals surface area contributed by atoms with Gasteiger partial charge in [0.05, 0.1) is 0 Å². The molecular weight excluding hydrogens is 207 g/mol. The van der Waals surface area contributed by atoms with Gasteiger partial charge in [0, 0.05) is 4.83 Å². The molecule has 60 valence electrons. The van der Waals surface area contributed by atoms with Gasteiger partial charge in [-0.25, -0.2) is 4.39 Å². The van der Waals surface area contributed by atoms with Gasteiger partial charge < -0.3 is 0 Å². The van der Waals surface area contributed by atoms with Crippen LogP contribution in [0.2, 0.25) is 0 Å². The molecule has 0 aliphatic heterocycles. The molecule has 2 heteroatoms. The second-order valence-electron chi connectivity index (χ2n) is 2.49. The zero-order valence-electron chi connectivity index (χ0n) is 6.30. The second-order valence-corrected chi connectivity index (χ2v) is 3.93. The molecule has 0 aliphatic carbocycles. The number of alkyl halides is 2. The highest BCUT2D eigenvalue weighted by Gasteiger charge is 2.14. The molecule has 0 saturated heterocycles. The Balaban J connectivity index is 2.77. The highest BCUT2D eigenvalue weighted by molar-refractivity contribution is 9.09. The summed E-state index contributed by atoms with van der Waals surface area (Å²) in [5, 5.41) is 0. The van der Waals surface area contributed by atoms with E-state index in [-0.39, 0.29) is 4.83 Å². The van der Waals surface area contributed by atoms with Crippen molar-refractivity contribution in [3.8, 4) is 0 Å². The summed E-state index contributed by atoms with van der Waals surface area (Å²) >= 11 is 3.20. The molecule has 2 atom stereocenters. The predicted molar refractivity (Wildman–Crippen MR) is 48.7 cm³/mol. The quantitative estimate of drug-likeness (QED) is 0.665. The van der Waals surface area contributed by atoms with Crippen molar-refractivity contribution in [3.63, 3.8) is 0 Å². The van der Waals surface area contributed by atoms with Crippen LogP contribution in [-0.4, -0.2) is 4.83 Å². The number of benzene rings is 1. The molecule has 0 unspecified atom stereocenters. The average Bonchev–Trinajstić information content (AvgIpc) is 2.05. The van der Waals surface area contributed by atoms with Crippen LogP contribution in [0.3, 0.4) is 0 Å². The van der Waals surface area contributed by atoms with Crippen molar-refractivity contribution in [3.05, 3.63) is 35.9 Å². The van der Waals surface area contributed by atoms with E-state index in [0.29, 0.717) is 0 Å². The van der Waals surface area contributed by atoms with Crippen LogP contribution in [0.1, 0.15) is 18.7 Å². The van der Waals surface area contributed by atoms with Gasteiger partial charge in [-0.05, 0) is 12.5 Å². The zero-order chi connectivity index (χ0) is 8.27. The van der Waals surface area contributed by atoms with E-state index in [1.54, 1.807) is 19.1 Å². The first-order valence-electron chi connectivity index (χ1n) is 3.55. The van der Waals surface area contributed by atoms with Crippen LogP contribution >= 0.6 is 15.9 Å². The van der Waals surface area contributed by atoms with Crippen molar-refractivity contribution >= 4 is 15.9 Å². The van der Waals surface area contributed by atoms with Gasteiger partial charge in [-0.1, -0.05) is 46.3 Å². The Morgan fingerprint density at radius 3 is 2.27 bits per heavy atom. The lowest BCUT2D eigenvalue weighted by atomic mass is 10.1. The predicted octanol–water partition coefficient (Wildman–Crippen LogP) is 3.48. The largest absolute Gasteiger partial charge is 0.241 e. The second kappa shape index (κ2) is 3.86. The molecule has 0 fully saturated rings. The third-order valence-corrected chi connectivity index (χ3v) is 1.99. The van der Waals surface area contributed by atoms with Gasteiger partial charge in [-0.15, -0.1) is 0 Å². The molecule has 0 nitrogen and oxygen atoms in total. The van der Waals surface area contributed by atoms with Crippen molar-refractivity contribution in [1.82, 2.24) is 0 Å². The molecule has 0 aliphatic rings. The molecule has 1 rings (SSSR count). The topological polar surface area (TPSA) is 0 Å². The Morgan fingerprint density at radius 2 is 1.82 bits per heavy atom. The molecular formula is C9H10BrF. The normalized spacial score (nSPS) is 15.9. The van der Waals surface area contributed by atoms with Crippen LogP contribution in [0.4, 0.5) is 4.39 Å². The Kier molecular flexibility index (Phi) is 3.06. The third kappa shape index (κ3) is 2.29. The van der Waals surface area contributed by atoms with E-state index < -0.39 is 6.17 Å². The Morgan fingerprint density at radius 1 is 1.27 bits per heavy atom. The van der Waals surface area contributed by atoms with E-state index in [9.17, 15) is 4.39 Å². The summed E-state index contributed by atoms with van der Waals surface area (Å²) in [5.74, 6) is 0. The molecule has 1 aromatic rings. The van der Waals surface area contributed by atoms with Crippen LogP contribution in [-0.2, 0) is 0 Å². The van der Waals surface area contributed by atoms with Gasteiger partial charge in [-0.3, -0.25) is 0 Å². The van der Waals surface area contributed by atoms with Gasteiger partial charge in [0.15, 0.2) is 0 Å². The van der Waals surface area contributed by atoms with E-state index in [1.807, 2.05) is 18.2 Å². The van der Waals surface area contributed by atoms with Crippen molar-refractivity contribution in [1.29, 1.82) is 0 Å². The Labute approximate surface area is 74.6 Å². The van der Waals surface area contributed by atoms with Crippen LogP contribution in [0.25, 0.3) is 0 Å². The van der Waals surface area contributed by atoms with Crippen LogP contribution in [0, 0.1) is 0 Å². The summed E-state index contributed by atoms with van der Waals surface area (Å²) in [4.78, 5) is -0.120. The lowest BCUT2D eigenvalue weighted by Gasteiger charge is -2.09. The Hall–Kier alpha value is -0.370. The molecule has 0 bridgehead atoms. The van der Waals surface area contributed by atoms with Crippen LogP contribution in [0.5, 0.6) is 0 Å². The summed E-state index contributed by atoms with van der Waals surface area (Å²) < 4.78 is 13.2. The fourth-order valence-electron chi connectivity index (χ4n) is 0.902. The van der Waals surface area contributed by atoms with E-state index in [0.717, 1.165) is 5.56 Å². The van der Waals surface area contributed by atoms with Gasteiger partial charge in [0.2, 0.25) is 0 Å². The molecule has 0 amide bonds. The van der Waals surface area contributed by atoms with Crippen LogP contribution in [0.15, 0.2) is 30.3 Å². The standard InChI is InChI=1S/C9H10BrF/c1-7(10)9(11)8-5-3-2-4-6-8/h2-7,9H,1H3/t7-,9+/m0/s1. The molecule has 0 radical (unpaired) electrons. The highest BCUT2D eigenvalue weighted by Crippen LogP contribution is 2.25. The van der Waals surface area contributed by atoms with Crippen LogP contribution < -0.4 is 0 Å². The fourth-order valence-corrected chi connectivity index (χ4v) is 1.21. The SMILES string of the molecule is C[C@H](Br)[C@@H](F)c1ccccc1. The van der Waals surface area contributed by atoms with Gasteiger partial charge in [0.1, 0.15) is 6.17 Å². The summed E-state index contributed by atoms with van der Waals surface area (Å²) in [5.41, 5.74) is 0.733. The Bertz CT molecular complexity index is 208. The molecule has 0 N–H and O–H groups in total. The maximum atomic E-state index is 13.2. The first-order chi connectivity index (χ1) is 5.22. The van der Waals surface area contributed by atoms with E-state index in [1.165, 1.54) is 0 Å². The van der Waals surface area contributed by atoms with E-state index in [2.05, 4.69) is 15.9 Å². The summed E-state index contributed by atoms with van der Waals surface area (Å²) in [6.07, 6.45) is -0.906. The lowest BCUT2D eigenvalue weighted by molar-refractivity contribution is 0.345. The number of hydrogen-bond donors (Lipinski definition) is 0. The van der Waals surface area contributed by atoms with Crippen molar-refractivity contribution in [2.45, 2.75) is 17.9 Å². The smallest absolute Gasteiger partial charge is 0.137 e. The molecule has 0 spiro atoms. The molecule has 0 aromatic heterocycles.